The van der Waals surface area contributed by atoms with E-state index in [0.29, 0.717) is 0 Å². The van der Waals surface area contributed by atoms with Crippen LogP contribution in [0.4, 0.5) is 13.2 Å². The van der Waals surface area contributed by atoms with Crippen molar-refractivity contribution in [2.75, 3.05) is 0 Å². The quantitative estimate of drug-likeness (QED) is 0.633. The van der Waals surface area contributed by atoms with Crippen molar-refractivity contribution in [1.29, 1.82) is 0 Å². The first-order valence-corrected chi connectivity index (χ1v) is 3.94. The molecule has 0 aromatic rings. The van der Waals surface area contributed by atoms with Gasteiger partial charge in [-0.05, 0) is 6.92 Å². The predicted octanol–water partition coefficient (Wildman–Crippen LogP) is 3.74. The zero-order valence-corrected chi connectivity index (χ0v) is 7.82. The van der Waals surface area contributed by atoms with Gasteiger partial charge < -0.3 is 0 Å². The third-order valence-electron chi connectivity index (χ3n) is 0.952. The number of hydrogen-bond acceptors (Lipinski definition) is 0. The normalized spacial score (nSPS) is 16.6. The summed E-state index contributed by atoms with van der Waals surface area (Å²) < 4.78 is 32.9. The van der Waals surface area contributed by atoms with Crippen molar-refractivity contribution in [1.82, 2.24) is 0 Å². The topological polar surface area (TPSA) is 0 Å². The minimum absolute atomic E-state index is 0.513. The Morgan fingerprint density at radius 1 is 1.27 bits per heavy atom. The van der Waals surface area contributed by atoms with E-state index >= 15 is 0 Å². The Bertz CT molecular complexity index is 129. The van der Waals surface area contributed by atoms with Crippen LogP contribution in [0.5, 0.6) is 0 Å². The van der Waals surface area contributed by atoms with Crippen molar-refractivity contribution >= 4 is 34.8 Å². The molecule has 0 aliphatic rings. The van der Waals surface area contributed by atoms with E-state index in [0.717, 1.165) is 0 Å². The zero-order chi connectivity index (χ0) is 9.28. The van der Waals surface area contributed by atoms with Gasteiger partial charge in [0.2, 0.25) is 4.33 Å². The molecule has 0 bridgehead atoms. The molecule has 0 heterocycles. The van der Waals surface area contributed by atoms with Crippen LogP contribution in [0.2, 0.25) is 0 Å². The van der Waals surface area contributed by atoms with Crippen LogP contribution in [0.3, 0.4) is 0 Å². The summed E-state index contributed by atoms with van der Waals surface area (Å²) in [6.45, 7) is 1.40. The molecule has 6 heteroatoms. The average Bonchev–Trinajstić information content (AvgIpc) is 1.56. The highest BCUT2D eigenvalue weighted by atomic mass is 35.5. The lowest BCUT2D eigenvalue weighted by Gasteiger charge is -2.23. The van der Waals surface area contributed by atoms with Crippen LogP contribution in [-0.4, -0.2) is 15.9 Å². The first-order chi connectivity index (χ1) is 4.67. The largest absolute Gasteiger partial charge is 0.421 e. The Morgan fingerprint density at radius 3 is 1.73 bits per heavy atom. The highest BCUT2D eigenvalue weighted by Gasteiger charge is 2.52. The van der Waals surface area contributed by atoms with E-state index in [9.17, 15) is 13.2 Å². The van der Waals surface area contributed by atoms with Crippen LogP contribution in [0, 0.1) is 0 Å². The van der Waals surface area contributed by atoms with Gasteiger partial charge in [0.25, 0.3) is 0 Å². The zero-order valence-electron chi connectivity index (χ0n) is 5.55. The van der Waals surface area contributed by atoms with Crippen LogP contribution in [-0.2, 0) is 0 Å². The number of halogens is 6. The van der Waals surface area contributed by atoms with Gasteiger partial charge >= 0.3 is 6.18 Å². The Labute approximate surface area is 77.6 Å². The Kier molecular flexibility index (Phi) is 3.80. The van der Waals surface area contributed by atoms with Gasteiger partial charge in [-0.1, -0.05) is 23.2 Å². The fourth-order valence-corrected chi connectivity index (χ4v) is 1.32. The molecule has 0 nitrogen and oxygen atoms in total. The van der Waals surface area contributed by atoms with E-state index in [-0.39, 0.29) is 0 Å². The van der Waals surface area contributed by atoms with Gasteiger partial charge in [0.1, 0.15) is 0 Å². The van der Waals surface area contributed by atoms with Gasteiger partial charge in [0.15, 0.2) is 0 Å². The van der Waals surface area contributed by atoms with Crippen molar-refractivity contribution in [2.45, 2.75) is 29.2 Å². The Hall–Kier alpha value is 0.660. The maximum atomic E-state index is 11.9. The van der Waals surface area contributed by atoms with E-state index in [4.69, 9.17) is 34.8 Å². The second kappa shape index (κ2) is 3.58. The highest BCUT2D eigenvalue weighted by Crippen LogP contribution is 2.43. The summed E-state index contributed by atoms with van der Waals surface area (Å²) in [4.78, 5) is 0. The van der Waals surface area contributed by atoms with Crippen LogP contribution in [0.25, 0.3) is 0 Å². The average molecular weight is 229 g/mol. The van der Waals surface area contributed by atoms with Crippen LogP contribution in [0.15, 0.2) is 0 Å². The summed E-state index contributed by atoms with van der Waals surface area (Å²) >= 11 is 15.2. The molecule has 1 atom stereocenters. The summed E-state index contributed by atoms with van der Waals surface area (Å²) in [5.41, 5.74) is 0. The maximum Gasteiger partial charge on any atom is 0.421 e. The van der Waals surface area contributed by atoms with Gasteiger partial charge in [0, 0.05) is 11.8 Å². The monoisotopic (exact) mass is 228 g/mol. The molecule has 0 aromatic carbocycles. The third kappa shape index (κ3) is 3.72. The molecule has 0 aliphatic carbocycles. The van der Waals surface area contributed by atoms with Gasteiger partial charge in [-0.25, -0.2) is 0 Å². The lowest BCUT2D eigenvalue weighted by atomic mass is 10.2. The molecule has 68 valence electrons. The molecule has 0 N–H and O–H groups in total. The van der Waals surface area contributed by atoms with Gasteiger partial charge in [0.05, 0.1) is 0 Å². The molecule has 0 aromatic heterocycles. The molecule has 0 saturated heterocycles. The minimum Gasteiger partial charge on any atom is -0.168 e. The molecule has 0 radical (unpaired) electrons. The summed E-state index contributed by atoms with van der Waals surface area (Å²) in [5.74, 6) is 0. The smallest absolute Gasteiger partial charge is 0.168 e. The fraction of sp³-hybridized carbons (Fsp3) is 1.00. The molecule has 0 rings (SSSR count). The Morgan fingerprint density at radius 2 is 1.64 bits per heavy atom. The second-order valence-corrected chi connectivity index (χ2v) is 4.42. The summed E-state index contributed by atoms with van der Waals surface area (Å²) in [6.07, 6.45) is -5.14. The molecular formula is C5H6Cl3F3. The van der Waals surface area contributed by atoms with Crippen molar-refractivity contribution in [2.24, 2.45) is 0 Å². The van der Waals surface area contributed by atoms with Gasteiger partial charge in [-0.2, -0.15) is 13.2 Å². The Balaban J connectivity index is 4.22. The molecule has 0 fully saturated rings. The second-order valence-electron chi connectivity index (χ2n) is 2.19. The molecule has 0 spiro atoms. The molecular weight excluding hydrogens is 223 g/mol. The SMILES string of the molecule is CC(Cl)CC(Cl)(Cl)C(F)(F)F. The standard InChI is InChI=1S/C5H6Cl3F3/c1-3(6)2-4(7,8)5(9,10)11/h3H,2H2,1H3. The van der Waals surface area contributed by atoms with Crippen molar-refractivity contribution in [3.05, 3.63) is 0 Å². The predicted molar refractivity (Wildman–Crippen MR) is 40.4 cm³/mol. The third-order valence-corrected chi connectivity index (χ3v) is 1.84. The highest BCUT2D eigenvalue weighted by molar-refractivity contribution is 6.49. The van der Waals surface area contributed by atoms with Crippen LogP contribution >= 0.6 is 34.8 Å². The lowest BCUT2D eigenvalue weighted by molar-refractivity contribution is -0.142. The lowest BCUT2D eigenvalue weighted by Crippen LogP contribution is -2.35. The van der Waals surface area contributed by atoms with E-state index in [1.807, 2.05) is 0 Å². The molecule has 0 amide bonds. The van der Waals surface area contributed by atoms with Crippen molar-refractivity contribution in [3.8, 4) is 0 Å². The molecule has 11 heavy (non-hydrogen) atoms. The fourth-order valence-electron chi connectivity index (χ4n) is 0.469. The summed E-state index contributed by atoms with van der Waals surface area (Å²) in [6, 6.07) is 0. The maximum absolute atomic E-state index is 11.9. The molecule has 1 unspecified atom stereocenters. The first-order valence-electron chi connectivity index (χ1n) is 2.75. The van der Waals surface area contributed by atoms with Gasteiger partial charge in [-0.3, -0.25) is 0 Å². The first kappa shape index (κ1) is 11.7. The number of alkyl halides is 6. The van der Waals surface area contributed by atoms with E-state index in [1.54, 1.807) is 0 Å². The van der Waals surface area contributed by atoms with Crippen LogP contribution in [0.1, 0.15) is 13.3 Å². The number of hydrogen-bond donors (Lipinski definition) is 0. The summed E-state index contributed by atoms with van der Waals surface area (Å²) in [5, 5.41) is -0.702. The van der Waals surface area contributed by atoms with Crippen molar-refractivity contribution < 1.29 is 13.2 Å². The minimum atomic E-state index is -4.63. The van der Waals surface area contributed by atoms with Crippen molar-refractivity contribution in [3.63, 3.8) is 0 Å². The number of rotatable bonds is 2. The van der Waals surface area contributed by atoms with E-state index in [2.05, 4.69) is 0 Å². The molecule has 0 aliphatic heterocycles. The van der Waals surface area contributed by atoms with Crippen LogP contribution < -0.4 is 0 Å². The van der Waals surface area contributed by atoms with Gasteiger partial charge in [-0.15, -0.1) is 11.6 Å². The summed E-state index contributed by atoms with van der Waals surface area (Å²) in [7, 11) is 0. The van der Waals surface area contributed by atoms with E-state index in [1.165, 1.54) is 6.92 Å². The van der Waals surface area contributed by atoms with E-state index < -0.39 is 22.3 Å². The molecule has 0 saturated carbocycles.